The lowest BCUT2D eigenvalue weighted by atomic mass is 10.1. The lowest BCUT2D eigenvalue weighted by Crippen LogP contribution is -2.08. The fourth-order valence-electron chi connectivity index (χ4n) is 1.80. The van der Waals surface area contributed by atoms with Gasteiger partial charge in [0.1, 0.15) is 18.2 Å². The molecule has 0 saturated carbocycles. The zero-order chi connectivity index (χ0) is 14.7. The van der Waals surface area contributed by atoms with Gasteiger partial charge in [-0.3, -0.25) is 0 Å². The molecule has 0 heterocycles. The lowest BCUT2D eigenvalue weighted by Gasteiger charge is -2.14. The molecule has 2 N–H and O–H groups in total. The third kappa shape index (κ3) is 3.81. The molecule has 0 spiro atoms. The second-order valence-corrected chi connectivity index (χ2v) is 6.28. The zero-order valence-electron chi connectivity index (χ0n) is 10.9. The Morgan fingerprint density at radius 1 is 1.20 bits per heavy atom. The van der Waals surface area contributed by atoms with Crippen LogP contribution >= 0.6 is 31.9 Å². The third-order valence-electron chi connectivity index (χ3n) is 2.84. The van der Waals surface area contributed by atoms with Gasteiger partial charge in [0, 0.05) is 16.1 Å². The monoisotopic (exact) mass is 401 g/mol. The second-order valence-electron chi connectivity index (χ2n) is 4.51. The second kappa shape index (κ2) is 6.70. The number of nitrogens with two attached hydrogens (primary N) is 1. The summed E-state index contributed by atoms with van der Waals surface area (Å²) in [5.74, 6) is 0.447. The Kier molecular flexibility index (Phi) is 5.18. The minimum atomic E-state index is -0.285. The first-order valence-corrected chi connectivity index (χ1v) is 7.67. The van der Waals surface area contributed by atoms with Gasteiger partial charge in [0.2, 0.25) is 0 Å². The quantitative estimate of drug-likeness (QED) is 0.785. The van der Waals surface area contributed by atoms with E-state index in [0.29, 0.717) is 11.1 Å². The van der Waals surface area contributed by atoms with Crippen molar-refractivity contribution in [2.75, 3.05) is 0 Å². The molecule has 20 heavy (non-hydrogen) atoms. The predicted molar refractivity (Wildman–Crippen MR) is 85.2 cm³/mol. The van der Waals surface area contributed by atoms with E-state index in [0.717, 1.165) is 21.3 Å². The van der Waals surface area contributed by atoms with Crippen molar-refractivity contribution in [3.63, 3.8) is 0 Å². The Bertz CT molecular complexity index is 617. The maximum Gasteiger partial charge on any atom is 0.137 e. The number of hydrogen-bond acceptors (Lipinski definition) is 2. The van der Waals surface area contributed by atoms with Crippen molar-refractivity contribution in [3.8, 4) is 5.75 Å². The molecule has 0 unspecified atom stereocenters. The van der Waals surface area contributed by atoms with Crippen LogP contribution in [0.3, 0.4) is 0 Å². The van der Waals surface area contributed by atoms with Gasteiger partial charge in [0.05, 0.1) is 4.47 Å². The fourth-order valence-corrected chi connectivity index (χ4v) is 2.57. The molecule has 2 aromatic rings. The van der Waals surface area contributed by atoms with Gasteiger partial charge in [-0.25, -0.2) is 4.39 Å². The summed E-state index contributed by atoms with van der Waals surface area (Å²) in [6.45, 7) is 2.26. The van der Waals surface area contributed by atoms with Gasteiger partial charge in [-0.15, -0.1) is 0 Å². The fraction of sp³-hybridized carbons (Fsp3) is 0.200. The Hall–Kier alpha value is -0.910. The normalized spacial score (nSPS) is 12.2. The highest BCUT2D eigenvalue weighted by Gasteiger charge is 2.09. The van der Waals surface area contributed by atoms with Crippen LogP contribution in [0.4, 0.5) is 4.39 Å². The van der Waals surface area contributed by atoms with Crippen LogP contribution < -0.4 is 10.5 Å². The smallest absolute Gasteiger partial charge is 0.137 e. The SMILES string of the molecule is C[C@@H](N)c1ccc(Br)cc1OCc1ccc(F)c(Br)c1. The van der Waals surface area contributed by atoms with E-state index in [1.807, 2.05) is 25.1 Å². The molecule has 0 aliphatic carbocycles. The van der Waals surface area contributed by atoms with Crippen molar-refractivity contribution in [1.82, 2.24) is 0 Å². The largest absolute Gasteiger partial charge is 0.489 e. The van der Waals surface area contributed by atoms with Gasteiger partial charge in [-0.1, -0.05) is 28.1 Å². The van der Waals surface area contributed by atoms with Gasteiger partial charge >= 0.3 is 0 Å². The third-order valence-corrected chi connectivity index (χ3v) is 3.95. The Balaban J connectivity index is 2.17. The number of hydrogen-bond donors (Lipinski definition) is 1. The number of rotatable bonds is 4. The zero-order valence-corrected chi connectivity index (χ0v) is 14.0. The first kappa shape index (κ1) is 15.5. The van der Waals surface area contributed by atoms with Crippen LogP contribution in [-0.4, -0.2) is 0 Å². The summed E-state index contributed by atoms with van der Waals surface area (Å²) in [5, 5.41) is 0. The molecular formula is C15H14Br2FNO. The molecule has 2 aromatic carbocycles. The predicted octanol–water partition coefficient (Wildman–Crippen LogP) is 4.95. The van der Waals surface area contributed by atoms with Crippen LogP contribution in [0, 0.1) is 5.82 Å². The van der Waals surface area contributed by atoms with E-state index in [2.05, 4.69) is 31.9 Å². The summed E-state index contributed by atoms with van der Waals surface area (Å²) in [6.07, 6.45) is 0. The molecule has 0 radical (unpaired) electrons. The molecule has 5 heteroatoms. The van der Waals surface area contributed by atoms with E-state index in [1.165, 1.54) is 6.07 Å². The maximum absolute atomic E-state index is 13.2. The van der Waals surface area contributed by atoms with Gasteiger partial charge < -0.3 is 10.5 Å². The molecule has 0 saturated heterocycles. The Morgan fingerprint density at radius 3 is 2.60 bits per heavy atom. The molecule has 1 atom stereocenters. The summed E-state index contributed by atoms with van der Waals surface area (Å²) < 4.78 is 20.3. The van der Waals surface area contributed by atoms with E-state index in [9.17, 15) is 4.39 Å². The number of halogens is 3. The standard InChI is InChI=1S/C15H14Br2FNO/c1-9(19)12-4-3-11(16)7-15(12)20-8-10-2-5-14(18)13(17)6-10/h2-7,9H,8,19H2,1H3/t9-/m1/s1. The summed E-state index contributed by atoms with van der Waals surface area (Å²) >= 11 is 6.58. The molecule has 0 aliphatic heterocycles. The van der Waals surface area contributed by atoms with Gasteiger partial charge in [0.15, 0.2) is 0 Å². The Labute approximate surface area is 134 Å². The van der Waals surface area contributed by atoms with Crippen LogP contribution in [0.1, 0.15) is 24.1 Å². The summed E-state index contributed by atoms with van der Waals surface area (Å²) in [5.41, 5.74) is 7.75. The van der Waals surface area contributed by atoms with E-state index < -0.39 is 0 Å². The number of benzene rings is 2. The van der Waals surface area contributed by atoms with Crippen molar-refractivity contribution < 1.29 is 9.13 Å². The molecule has 2 nitrogen and oxygen atoms in total. The highest BCUT2D eigenvalue weighted by molar-refractivity contribution is 9.10. The molecule has 2 rings (SSSR count). The summed E-state index contributed by atoms with van der Waals surface area (Å²) in [6, 6.07) is 10.5. The average Bonchev–Trinajstić information content (AvgIpc) is 2.40. The Morgan fingerprint density at radius 2 is 1.95 bits per heavy atom. The number of ether oxygens (including phenoxy) is 1. The van der Waals surface area contributed by atoms with Crippen molar-refractivity contribution in [2.45, 2.75) is 19.6 Å². The molecule has 0 fully saturated rings. The van der Waals surface area contributed by atoms with Crippen LogP contribution in [0.5, 0.6) is 5.75 Å². The van der Waals surface area contributed by atoms with Crippen molar-refractivity contribution in [3.05, 3.63) is 62.3 Å². The van der Waals surface area contributed by atoms with Gasteiger partial charge in [-0.2, -0.15) is 0 Å². The maximum atomic E-state index is 13.2. The van der Waals surface area contributed by atoms with E-state index in [1.54, 1.807) is 12.1 Å². The van der Waals surface area contributed by atoms with Crippen LogP contribution in [0.2, 0.25) is 0 Å². The summed E-state index contributed by atoms with van der Waals surface area (Å²) in [7, 11) is 0. The van der Waals surface area contributed by atoms with Crippen LogP contribution in [0.15, 0.2) is 45.3 Å². The minimum Gasteiger partial charge on any atom is -0.489 e. The first-order chi connectivity index (χ1) is 9.47. The molecule has 106 valence electrons. The van der Waals surface area contributed by atoms with Crippen LogP contribution in [0.25, 0.3) is 0 Å². The molecule has 0 bridgehead atoms. The highest BCUT2D eigenvalue weighted by Crippen LogP contribution is 2.28. The topological polar surface area (TPSA) is 35.2 Å². The van der Waals surface area contributed by atoms with Gasteiger partial charge in [-0.05, 0) is 52.7 Å². The van der Waals surface area contributed by atoms with Gasteiger partial charge in [0.25, 0.3) is 0 Å². The average molecular weight is 403 g/mol. The van der Waals surface area contributed by atoms with Crippen LogP contribution in [-0.2, 0) is 6.61 Å². The van der Waals surface area contributed by atoms with E-state index >= 15 is 0 Å². The minimum absolute atomic E-state index is 0.113. The molecule has 0 aliphatic rings. The first-order valence-electron chi connectivity index (χ1n) is 6.09. The molecular weight excluding hydrogens is 389 g/mol. The molecule has 0 aromatic heterocycles. The van der Waals surface area contributed by atoms with Crippen molar-refractivity contribution >= 4 is 31.9 Å². The van der Waals surface area contributed by atoms with Crippen molar-refractivity contribution in [1.29, 1.82) is 0 Å². The van der Waals surface area contributed by atoms with E-state index in [-0.39, 0.29) is 11.9 Å². The highest BCUT2D eigenvalue weighted by atomic mass is 79.9. The summed E-state index contributed by atoms with van der Waals surface area (Å²) in [4.78, 5) is 0. The molecule has 0 amide bonds. The van der Waals surface area contributed by atoms with E-state index in [4.69, 9.17) is 10.5 Å². The lowest BCUT2D eigenvalue weighted by molar-refractivity contribution is 0.301. The van der Waals surface area contributed by atoms with Crippen molar-refractivity contribution in [2.24, 2.45) is 5.73 Å².